The standard InChI is InChI=1S/C22H31N3O7/c1-14(23-9-6-18(21(28)29)24-10-7-19(26)22(30)31)8-11-32-20(27)12-15-13-25-17-5-3-2-4-16(15)17/h2-5,13-14,18-19,23-26H,6-12H2,1H3,(H,28,29)(H,30,31)/t14-,18+,19+/m1/s1. The third-order valence-electron chi connectivity index (χ3n) is 5.14. The Morgan fingerprint density at radius 2 is 1.75 bits per heavy atom. The summed E-state index contributed by atoms with van der Waals surface area (Å²) >= 11 is 0. The lowest BCUT2D eigenvalue weighted by Crippen LogP contribution is -2.41. The Morgan fingerprint density at radius 3 is 2.47 bits per heavy atom. The van der Waals surface area contributed by atoms with Crippen molar-refractivity contribution < 1.29 is 34.4 Å². The number of H-pyrrole nitrogens is 1. The number of esters is 1. The Balaban J connectivity index is 1.62. The number of nitrogens with one attached hydrogen (secondary N) is 3. The molecule has 32 heavy (non-hydrogen) atoms. The van der Waals surface area contributed by atoms with Crippen LogP contribution in [0, 0.1) is 0 Å². The highest BCUT2D eigenvalue weighted by Gasteiger charge is 2.19. The number of hydrogen-bond acceptors (Lipinski definition) is 7. The lowest BCUT2D eigenvalue weighted by molar-refractivity contribution is -0.147. The molecule has 0 aliphatic rings. The summed E-state index contributed by atoms with van der Waals surface area (Å²) in [5.74, 6) is -2.69. The Morgan fingerprint density at radius 1 is 1.03 bits per heavy atom. The zero-order valence-corrected chi connectivity index (χ0v) is 18.0. The van der Waals surface area contributed by atoms with Crippen molar-refractivity contribution in [3.8, 4) is 0 Å². The van der Waals surface area contributed by atoms with Gasteiger partial charge in [0.25, 0.3) is 0 Å². The maximum Gasteiger partial charge on any atom is 0.332 e. The molecule has 10 heteroatoms. The second-order valence-corrected chi connectivity index (χ2v) is 7.68. The second-order valence-electron chi connectivity index (χ2n) is 7.68. The summed E-state index contributed by atoms with van der Waals surface area (Å²) in [6.07, 6.45) is 1.26. The van der Waals surface area contributed by atoms with Crippen LogP contribution in [0.5, 0.6) is 0 Å². The van der Waals surface area contributed by atoms with Gasteiger partial charge in [0.15, 0.2) is 6.10 Å². The molecule has 1 heterocycles. The molecule has 1 aromatic carbocycles. The maximum absolute atomic E-state index is 12.1. The molecule has 1 aromatic heterocycles. The Hall–Kier alpha value is -2.95. The molecular formula is C22H31N3O7. The molecule has 0 spiro atoms. The highest BCUT2D eigenvalue weighted by Crippen LogP contribution is 2.18. The van der Waals surface area contributed by atoms with E-state index in [4.69, 9.17) is 9.84 Å². The monoisotopic (exact) mass is 449 g/mol. The number of carboxylic acids is 2. The number of fused-ring (bicyclic) bond motifs is 1. The van der Waals surface area contributed by atoms with Crippen LogP contribution in [0.4, 0.5) is 0 Å². The van der Waals surface area contributed by atoms with Crippen molar-refractivity contribution in [3.63, 3.8) is 0 Å². The summed E-state index contributed by atoms with van der Waals surface area (Å²) in [5, 5.41) is 34.0. The minimum absolute atomic E-state index is 0.0131. The van der Waals surface area contributed by atoms with Gasteiger partial charge in [-0.3, -0.25) is 9.59 Å². The summed E-state index contributed by atoms with van der Waals surface area (Å²) in [6, 6.07) is 6.90. The molecule has 0 bridgehead atoms. The van der Waals surface area contributed by atoms with Gasteiger partial charge in [0, 0.05) is 23.1 Å². The van der Waals surface area contributed by atoms with E-state index in [-0.39, 0.29) is 44.4 Å². The molecule has 0 unspecified atom stereocenters. The van der Waals surface area contributed by atoms with Gasteiger partial charge < -0.3 is 35.7 Å². The number of aromatic amines is 1. The van der Waals surface area contributed by atoms with Crippen LogP contribution in [0.15, 0.2) is 30.5 Å². The molecule has 0 saturated carbocycles. The normalized spacial score (nSPS) is 14.1. The fraction of sp³-hybridized carbons (Fsp3) is 0.500. The number of aliphatic carboxylic acids is 2. The van der Waals surface area contributed by atoms with Gasteiger partial charge in [0.1, 0.15) is 6.04 Å². The van der Waals surface area contributed by atoms with E-state index >= 15 is 0 Å². The van der Waals surface area contributed by atoms with Crippen molar-refractivity contribution >= 4 is 28.8 Å². The average molecular weight is 450 g/mol. The van der Waals surface area contributed by atoms with Crippen LogP contribution >= 0.6 is 0 Å². The number of carbonyl (C=O) groups is 3. The van der Waals surface area contributed by atoms with E-state index in [1.807, 2.05) is 37.4 Å². The highest BCUT2D eigenvalue weighted by molar-refractivity contribution is 5.87. The van der Waals surface area contributed by atoms with Gasteiger partial charge in [0.2, 0.25) is 0 Å². The fourth-order valence-electron chi connectivity index (χ4n) is 3.24. The van der Waals surface area contributed by atoms with Crippen LogP contribution in [0.2, 0.25) is 0 Å². The highest BCUT2D eigenvalue weighted by atomic mass is 16.5. The van der Waals surface area contributed by atoms with Crippen LogP contribution in [-0.2, 0) is 25.5 Å². The van der Waals surface area contributed by atoms with Crippen LogP contribution < -0.4 is 10.6 Å². The molecule has 0 aliphatic heterocycles. The molecule has 6 N–H and O–H groups in total. The fourth-order valence-corrected chi connectivity index (χ4v) is 3.24. The Labute approximate surface area is 186 Å². The number of ether oxygens (including phenoxy) is 1. The number of aliphatic hydroxyl groups excluding tert-OH is 1. The van der Waals surface area contributed by atoms with Crippen molar-refractivity contribution in [3.05, 3.63) is 36.0 Å². The topological polar surface area (TPSA) is 161 Å². The molecule has 2 aromatic rings. The van der Waals surface area contributed by atoms with Gasteiger partial charge in [-0.2, -0.15) is 0 Å². The third-order valence-corrected chi connectivity index (χ3v) is 5.14. The van der Waals surface area contributed by atoms with Gasteiger partial charge >= 0.3 is 17.9 Å². The number of benzene rings is 1. The zero-order valence-electron chi connectivity index (χ0n) is 18.0. The number of aliphatic hydroxyl groups is 1. The zero-order chi connectivity index (χ0) is 23.5. The van der Waals surface area contributed by atoms with Crippen molar-refractivity contribution in [1.82, 2.24) is 15.6 Å². The number of aromatic nitrogens is 1. The van der Waals surface area contributed by atoms with Crippen LogP contribution in [0.1, 0.15) is 31.7 Å². The molecule has 3 atom stereocenters. The van der Waals surface area contributed by atoms with Crippen molar-refractivity contribution in [2.45, 2.75) is 50.8 Å². The first-order valence-electron chi connectivity index (χ1n) is 10.6. The summed E-state index contributed by atoms with van der Waals surface area (Å²) in [7, 11) is 0. The van der Waals surface area contributed by atoms with Gasteiger partial charge in [-0.1, -0.05) is 18.2 Å². The van der Waals surface area contributed by atoms with E-state index in [1.54, 1.807) is 0 Å². The number of carboxylic acid groups (broad SMARTS) is 2. The predicted molar refractivity (Wildman–Crippen MR) is 117 cm³/mol. The summed E-state index contributed by atoms with van der Waals surface area (Å²) < 4.78 is 5.32. The minimum atomic E-state index is -1.52. The molecule has 0 amide bonds. The Kier molecular flexibility index (Phi) is 10.1. The van der Waals surface area contributed by atoms with Gasteiger partial charge in [-0.05, 0) is 50.9 Å². The average Bonchev–Trinajstić information content (AvgIpc) is 3.15. The first kappa shape index (κ1) is 25.3. The summed E-state index contributed by atoms with van der Waals surface area (Å²) in [4.78, 5) is 37.1. The smallest absolute Gasteiger partial charge is 0.332 e. The largest absolute Gasteiger partial charge is 0.480 e. The van der Waals surface area contributed by atoms with E-state index in [0.29, 0.717) is 13.0 Å². The lowest BCUT2D eigenvalue weighted by Gasteiger charge is -2.18. The number of carbonyl (C=O) groups excluding carboxylic acids is 1. The SMILES string of the molecule is C[C@H](CCOC(=O)Cc1c[nH]c2ccccc12)NCC[C@H](NCC[C@H](O)C(=O)O)C(=O)O. The molecule has 0 aliphatic carbocycles. The maximum atomic E-state index is 12.1. The predicted octanol–water partition coefficient (Wildman–Crippen LogP) is 0.890. The molecular weight excluding hydrogens is 418 g/mol. The first-order valence-corrected chi connectivity index (χ1v) is 10.6. The van der Waals surface area contributed by atoms with Gasteiger partial charge in [-0.15, -0.1) is 0 Å². The minimum Gasteiger partial charge on any atom is -0.480 e. The van der Waals surface area contributed by atoms with Crippen LogP contribution in [-0.4, -0.2) is 76.1 Å². The number of hydrogen-bond donors (Lipinski definition) is 6. The van der Waals surface area contributed by atoms with Crippen molar-refractivity contribution in [2.75, 3.05) is 19.7 Å². The van der Waals surface area contributed by atoms with E-state index < -0.39 is 24.1 Å². The Bertz CT molecular complexity index is 899. The van der Waals surface area contributed by atoms with Crippen LogP contribution in [0.3, 0.4) is 0 Å². The number of rotatable bonds is 15. The number of para-hydroxylation sites is 1. The molecule has 2 rings (SSSR count). The molecule has 0 fully saturated rings. The van der Waals surface area contributed by atoms with Crippen LogP contribution in [0.25, 0.3) is 10.9 Å². The summed E-state index contributed by atoms with van der Waals surface area (Å²) in [6.45, 7) is 2.66. The molecule has 10 nitrogen and oxygen atoms in total. The quantitative estimate of drug-likeness (QED) is 0.217. The summed E-state index contributed by atoms with van der Waals surface area (Å²) in [5.41, 5.74) is 1.86. The van der Waals surface area contributed by atoms with E-state index in [9.17, 15) is 24.6 Å². The molecule has 0 saturated heterocycles. The van der Waals surface area contributed by atoms with E-state index in [0.717, 1.165) is 16.5 Å². The van der Waals surface area contributed by atoms with Gasteiger partial charge in [-0.25, -0.2) is 4.79 Å². The second kappa shape index (κ2) is 12.8. The lowest BCUT2D eigenvalue weighted by atomic mass is 10.1. The van der Waals surface area contributed by atoms with E-state index in [2.05, 4.69) is 15.6 Å². The molecule has 0 radical (unpaired) electrons. The molecule has 176 valence electrons. The third kappa shape index (κ3) is 8.29. The first-order chi connectivity index (χ1) is 15.3. The van der Waals surface area contributed by atoms with Crippen molar-refractivity contribution in [1.29, 1.82) is 0 Å². The van der Waals surface area contributed by atoms with Gasteiger partial charge in [0.05, 0.1) is 13.0 Å². The van der Waals surface area contributed by atoms with E-state index in [1.165, 1.54) is 0 Å². The van der Waals surface area contributed by atoms with Crippen molar-refractivity contribution in [2.24, 2.45) is 0 Å².